The van der Waals surface area contributed by atoms with E-state index in [0.717, 1.165) is 6.42 Å². The van der Waals surface area contributed by atoms with Crippen molar-refractivity contribution in [3.8, 4) is 0 Å². The number of likely N-dealkylation sites (N-methyl/N-ethyl adjacent to an activating group) is 2. The lowest BCUT2D eigenvalue weighted by molar-refractivity contribution is 0.131. The van der Waals surface area contributed by atoms with E-state index in [1.165, 1.54) is 11.1 Å². The van der Waals surface area contributed by atoms with Gasteiger partial charge in [0.05, 0.1) is 0 Å². The summed E-state index contributed by atoms with van der Waals surface area (Å²) < 4.78 is 0. The summed E-state index contributed by atoms with van der Waals surface area (Å²) in [6, 6.07) is 10.4. The summed E-state index contributed by atoms with van der Waals surface area (Å²) in [4.78, 5) is 2.49. The van der Waals surface area contributed by atoms with Crippen LogP contribution in [0.1, 0.15) is 51.8 Å². The van der Waals surface area contributed by atoms with E-state index in [2.05, 4.69) is 83.2 Å². The molecule has 1 aromatic carbocycles. The summed E-state index contributed by atoms with van der Waals surface area (Å²) in [7, 11) is 4.29. The van der Waals surface area contributed by atoms with Gasteiger partial charge in [0, 0.05) is 18.1 Å². The van der Waals surface area contributed by atoms with E-state index in [-0.39, 0.29) is 0 Å². The predicted molar refractivity (Wildman–Crippen MR) is 89.1 cm³/mol. The van der Waals surface area contributed by atoms with Gasteiger partial charge >= 0.3 is 0 Å². The summed E-state index contributed by atoms with van der Waals surface area (Å²) in [6.45, 7) is 11.4. The Morgan fingerprint density at radius 2 is 1.55 bits per heavy atom. The largest absolute Gasteiger partial charge is 0.312 e. The molecule has 0 saturated heterocycles. The lowest BCUT2D eigenvalue weighted by Crippen LogP contribution is -2.45. The smallest absolute Gasteiger partial charge is 0.0473 e. The first kappa shape index (κ1) is 17.2. The Kier molecular flexibility index (Phi) is 6.70. The van der Waals surface area contributed by atoms with Gasteiger partial charge in [0.2, 0.25) is 0 Å². The Balaban J connectivity index is 2.88. The van der Waals surface area contributed by atoms with Gasteiger partial charge in [0.1, 0.15) is 0 Å². The van der Waals surface area contributed by atoms with Crippen LogP contribution in [-0.2, 0) is 6.42 Å². The molecule has 0 amide bonds. The molecular formula is C18H32N2. The molecule has 3 unspecified atom stereocenters. The van der Waals surface area contributed by atoms with Crippen LogP contribution in [0.4, 0.5) is 0 Å². The minimum atomic E-state index is 0.368. The number of nitrogens with zero attached hydrogens (tertiary/aromatic N) is 1. The molecule has 3 atom stereocenters. The van der Waals surface area contributed by atoms with Crippen LogP contribution in [-0.4, -0.2) is 31.1 Å². The zero-order chi connectivity index (χ0) is 15.3. The van der Waals surface area contributed by atoms with E-state index in [4.69, 9.17) is 0 Å². The van der Waals surface area contributed by atoms with Gasteiger partial charge in [0.15, 0.2) is 0 Å². The van der Waals surface area contributed by atoms with Gasteiger partial charge in [-0.2, -0.15) is 0 Å². The van der Waals surface area contributed by atoms with Crippen LogP contribution in [0.2, 0.25) is 0 Å². The molecule has 0 radical (unpaired) electrons. The Hall–Kier alpha value is -0.860. The molecule has 1 N–H and O–H groups in total. The van der Waals surface area contributed by atoms with E-state index in [9.17, 15) is 0 Å². The summed E-state index contributed by atoms with van der Waals surface area (Å²) in [5, 5.41) is 3.49. The van der Waals surface area contributed by atoms with Crippen LogP contribution in [0.5, 0.6) is 0 Å². The molecule has 0 saturated carbocycles. The van der Waals surface area contributed by atoms with E-state index >= 15 is 0 Å². The zero-order valence-corrected chi connectivity index (χ0v) is 14.3. The molecule has 20 heavy (non-hydrogen) atoms. The summed E-state index contributed by atoms with van der Waals surface area (Å²) >= 11 is 0. The van der Waals surface area contributed by atoms with Gasteiger partial charge in [-0.25, -0.2) is 0 Å². The molecule has 0 bridgehead atoms. The van der Waals surface area contributed by atoms with E-state index < -0.39 is 0 Å². The fraction of sp³-hybridized carbons (Fsp3) is 0.667. The van der Waals surface area contributed by atoms with Crippen molar-refractivity contribution in [2.45, 2.75) is 59.2 Å². The molecule has 0 aliphatic rings. The Labute approximate surface area is 125 Å². The average molecular weight is 276 g/mol. The quantitative estimate of drug-likeness (QED) is 0.813. The Morgan fingerprint density at radius 3 is 1.95 bits per heavy atom. The van der Waals surface area contributed by atoms with Crippen molar-refractivity contribution < 1.29 is 0 Å². The molecule has 0 aromatic heterocycles. The molecule has 1 rings (SSSR count). The van der Waals surface area contributed by atoms with Gasteiger partial charge in [-0.1, -0.05) is 45.0 Å². The highest BCUT2D eigenvalue weighted by Crippen LogP contribution is 2.23. The second kappa shape index (κ2) is 7.80. The lowest BCUT2D eigenvalue weighted by atomic mass is 9.95. The third-order valence-electron chi connectivity index (χ3n) is 4.79. The molecule has 0 fully saturated rings. The Morgan fingerprint density at radius 1 is 1.00 bits per heavy atom. The van der Waals surface area contributed by atoms with E-state index in [0.29, 0.717) is 24.0 Å². The highest BCUT2D eigenvalue weighted by atomic mass is 15.2. The molecule has 1 aromatic rings. The van der Waals surface area contributed by atoms with Crippen LogP contribution in [0.25, 0.3) is 0 Å². The SMILES string of the molecule is CCc1ccc(C(NC)C(C)N(C)C(C)C(C)C)cc1. The molecule has 114 valence electrons. The number of aryl methyl sites for hydroxylation is 1. The van der Waals surface area contributed by atoms with Crippen molar-refractivity contribution in [3.05, 3.63) is 35.4 Å². The number of benzene rings is 1. The molecule has 0 heterocycles. The maximum Gasteiger partial charge on any atom is 0.0473 e. The lowest BCUT2D eigenvalue weighted by Gasteiger charge is -2.38. The molecule has 0 spiro atoms. The average Bonchev–Trinajstić information content (AvgIpc) is 2.46. The number of rotatable bonds is 7. The van der Waals surface area contributed by atoms with Crippen LogP contribution < -0.4 is 5.32 Å². The molecule has 2 nitrogen and oxygen atoms in total. The zero-order valence-electron chi connectivity index (χ0n) is 14.3. The third-order valence-corrected chi connectivity index (χ3v) is 4.79. The maximum absolute atomic E-state index is 3.49. The van der Waals surface area contributed by atoms with Crippen LogP contribution in [0, 0.1) is 5.92 Å². The minimum Gasteiger partial charge on any atom is -0.312 e. The van der Waals surface area contributed by atoms with Gasteiger partial charge in [-0.15, -0.1) is 0 Å². The third kappa shape index (κ3) is 4.07. The fourth-order valence-corrected chi connectivity index (χ4v) is 2.72. The monoisotopic (exact) mass is 276 g/mol. The number of hydrogen-bond donors (Lipinski definition) is 1. The first-order valence-corrected chi connectivity index (χ1v) is 7.90. The first-order chi connectivity index (χ1) is 9.42. The van der Waals surface area contributed by atoms with Crippen molar-refractivity contribution in [1.29, 1.82) is 0 Å². The molecule has 2 heteroatoms. The first-order valence-electron chi connectivity index (χ1n) is 7.90. The van der Waals surface area contributed by atoms with Gasteiger partial charge < -0.3 is 5.32 Å². The van der Waals surface area contributed by atoms with E-state index in [1.54, 1.807) is 0 Å². The summed E-state index contributed by atoms with van der Waals surface area (Å²) in [5.41, 5.74) is 2.78. The van der Waals surface area contributed by atoms with Crippen molar-refractivity contribution in [1.82, 2.24) is 10.2 Å². The number of nitrogens with one attached hydrogen (secondary N) is 1. The highest BCUT2D eigenvalue weighted by molar-refractivity contribution is 5.26. The number of hydrogen-bond acceptors (Lipinski definition) is 2. The fourth-order valence-electron chi connectivity index (χ4n) is 2.72. The van der Waals surface area contributed by atoms with Gasteiger partial charge in [0.25, 0.3) is 0 Å². The molecule has 0 aliphatic heterocycles. The second-order valence-electron chi connectivity index (χ2n) is 6.25. The summed E-state index contributed by atoms with van der Waals surface area (Å²) in [6.07, 6.45) is 1.10. The topological polar surface area (TPSA) is 15.3 Å². The second-order valence-corrected chi connectivity index (χ2v) is 6.25. The normalized spacial score (nSPS) is 16.4. The van der Waals surface area contributed by atoms with Crippen molar-refractivity contribution in [2.24, 2.45) is 5.92 Å². The maximum atomic E-state index is 3.49. The van der Waals surface area contributed by atoms with Crippen molar-refractivity contribution in [3.63, 3.8) is 0 Å². The highest BCUT2D eigenvalue weighted by Gasteiger charge is 2.25. The van der Waals surface area contributed by atoms with Crippen LogP contribution >= 0.6 is 0 Å². The molecular weight excluding hydrogens is 244 g/mol. The van der Waals surface area contributed by atoms with Crippen LogP contribution in [0.15, 0.2) is 24.3 Å². The predicted octanol–water partition coefficient (Wildman–Crippen LogP) is 3.87. The Bertz CT molecular complexity index is 383. The van der Waals surface area contributed by atoms with Crippen molar-refractivity contribution >= 4 is 0 Å². The van der Waals surface area contributed by atoms with Gasteiger partial charge in [-0.3, -0.25) is 4.90 Å². The standard InChI is InChI=1S/C18H32N2/c1-8-16-9-11-17(12-10-16)18(19-6)15(5)20(7)14(4)13(2)3/h9-15,18-19H,8H2,1-7H3. The van der Waals surface area contributed by atoms with Gasteiger partial charge in [-0.05, 0) is 51.4 Å². The minimum absolute atomic E-state index is 0.368. The van der Waals surface area contributed by atoms with Crippen LogP contribution in [0.3, 0.4) is 0 Å². The van der Waals surface area contributed by atoms with E-state index in [1.807, 2.05) is 0 Å². The summed E-state index contributed by atoms with van der Waals surface area (Å²) in [5.74, 6) is 0.669. The molecule has 0 aliphatic carbocycles. The van der Waals surface area contributed by atoms with Crippen molar-refractivity contribution in [2.75, 3.05) is 14.1 Å².